The number of nitrogens with zero attached hydrogens (tertiary/aromatic N) is 3. The lowest BCUT2D eigenvalue weighted by Gasteiger charge is -1.91. The molecule has 2 rings (SSSR count). The van der Waals surface area contributed by atoms with Crippen LogP contribution in [0.2, 0.25) is 0 Å². The number of hydrogen-bond acceptors (Lipinski definition) is 3. The van der Waals surface area contributed by atoms with Crippen molar-refractivity contribution >= 4 is 12.2 Å². The van der Waals surface area contributed by atoms with Crippen molar-refractivity contribution in [1.82, 2.24) is 15.0 Å². The van der Waals surface area contributed by atoms with Gasteiger partial charge < -0.3 is 0 Å². The Bertz CT molecular complexity index is 368. The molecule has 0 aliphatic rings. The van der Waals surface area contributed by atoms with Crippen molar-refractivity contribution < 1.29 is 0 Å². The van der Waals surface area contributed by atoms with E-state index < -0.39 is 0 Å². The van der Waals surface area contributed by atoms with Gasteiger partial charge in [0.25, 0.3) is 0 Å². The van der Waals surface area contributed by atoms with Crippen LogP contribution < -0.4 is 0 Å². The fraction of sp³-hybridized carbons (Fsp3) is 0. The smallest absolute Gasteiger partial charge is 0.115 e. The molecule has 0 fully saturated rings. The number of aromatic nitrogens is 3. The Balaban J connectivity index is 2.16. The molecule has 0 N–H and O–H groups in total. The maximum atomic E-state index is 4.08. The monoisotopic (exact) mass is 183 g/mol. The molecule has 2 aromatic heterocycles. The lowest BCUT2D eigenvalue weighted by molar-refractivity contribution is 1.15. The molecule has 0 aromatic carbocycles. The summed E-state index contributed by atoms with van der Waals surface area (Å²) in [5, 5.41) is 0. The highest BCUT2D eigenvalue weighted by Crippen LogP contribution is 2.03. The Morgan fingerprint density at radius 2 is 1.64 bits per heavy atom. The Labute approximate surface area is 82.2 Å². The molecular formula is C11H9N3. The minimum Gasteiger partial charge on any atom is -0.265 e. The molecular weight excluding hydrogens is 174 g/mol. The van der Waals surface area contributed by atoms with E-state index in [0.717, 1.165) is 11.3 Å². The second kappa shape index (κ2) is 4.28. The Morgan fingerprint density at radius 1 is 0.857 bits per heavy atom. The largest absolute Gasteiger partial charge is 0.265 e. The SMILES string of the molecule is C(=C\c1ccncn1)/c1ccncc1. The zero-order chi connectivity index (χ0) is 9.64. The maximum absolute atomic E-state index is 4.08. The topological polar surface area (TPSA) is 38.7 Å². The Morgan fingerprint density at radius 3 is 2.36 bits per heavy atom. The first-order valence-corrected chi connectivity index (χ1v) is 4.29. The Hall–Kier alpha value is -2.03. The van der Waals surface area contributed by atoms with Crippen molar-refractivity contribution in [3.63, 3.8) is 0 Å². The molecule has 2 aromatic rings. The second-order valence-corrected chi connectivity index (χ2v) is 2.75. The van der Waals surface area contributed by atoms with Crippen LogP contribution in [0.15, 0.2) is 43.1 Å². The minimum atomic E-state index is 0.900. The number of rotatable bonds is 2. The molecule has 0 aliphatic carbocycles. The minimum absolute atomic E-state index is 0.900. The third-order valence-corrected chi connectivity index (χ3v) is 1.76. The molecule has 0 bridgehead atoms. The fourth-order valence-electron chi connectivity index (χ4n) is 1.06. The predicted molar refractivity (Wildman–Crippen MR) is 55.2 cm³/mol. The van der Waals surface area contributed by atoms with Crippen LogP contribution in [0.5, 0.6) is 0 Å². The van der Waals surface area contributed by atoms with E-state index in [2.05, 4.69) is 15.0 Å². The zero-order valence-electron chi connectivity index (χ0n) is 7.54. The van der Waals surface area contributed by atoms with E-state index in [9.17, 15) is 0 Å². The van der Waals surface area contributed by atoms with Crippen molar-refractivity contribution in [2.45, 2.75) is 0 Å². The van der Waals surface area contributed by atoms with Gasteiger partial charge in [0.05, 0.1) is 5.69 Å². The third-order valence-electron chi connectivity index (χ3n) is 1.76. The molecule has 68 valence electrons. The maximum Gasteiger partial charge on any atom is 0.115 e. The van der Waals surface area contributed by atoms with E-state index in [0.29, 0.717) is 0 Å². The first kappa shape index (κ1) is 8.56. The standard InChI is InChI=1S/C11H9N3/c1(10-3-6-12-7-4-10)2-11-5-8-13-9-14-11/h1-9H/b2-1+. The molecule has 14 heavy (non-hydrogen) atoms. The Kier molecular flexibility index (Phi) is 2.62. The lowest BCUT2D eigenvalue weighted by atomic mass is 10.2. The van der Waals surface area contributed by atoms with E-state index in [1.807, 2.05) is 30.4 Å². The van der Waals surface area contributed by atoms with Crippen LogP contribution in [0.1, 0.15) is 11.3 Å². The van der Waals surface area contributed by atoms with Crippen LogP contribution in [0.3, 0.4) is 0 Å². The third kappa shape index (κ3) is 2.23. The van der Waals surface area contributed by atoms with Gasteiger partial charge >= 0.3 is 0 Å². The average Bonchev–Trinajstić information content (AvgIpc) is 2.29. The molecule has 0 unspecified atom stereocenters. The summed E-state index contributed by atoms with van der Waals surface area (Å²) in [4.78, 5) is 11.9. The molecule has 2 heterocycles. The van der Waals surface area contributed by atoms with Gasteiger partial charge in [-0.1, -0.05) is 6.08 Å². The summed E-state index contributed by atoms with van der Waals surface area (Å²) in [5.41, 5.74) is 2.01. The molecule has 0 saturated heterocycles. The summed E-state index contributed by atoms with van der Waals surface area (Å²) in [5.74, 6) is 0. The van der Waals surface area contributed by atoms with Gasteiger partial charge in [-0.2, -0.15) is 0 Å². The predicted octanol–water partition coefficient (Wildman–Crippen LogP) is 2.04. The van der Waals surface area contributed by atoms with Crippen LogP contribution in [0.25, 0.3) is 12.2 Å². The van der Waals surface area contributed by atoms with Gasteiger partial charge in [-0.3, -0.25) is 4.98 Å². The number of pyridine rings is 1. The first-order chi connectivity index (χ1) is 6.95. The van der Waals surface area contributed by atoms with Crippen LogP contribution in [0, 0.1) is 0 Å². The first-order valence-electron chi connectivity index (χ1n) is 4.29. The molecule has 0 aliphatic heterocycles. The molecule has 0 atom stereocenters. The summed E-state index contributed by atoms with van der Waals surface area (Å²) in [6.07, 6.45) is 10.7. The van der Waals surface area contributed by atoms with Crippen LogP contribution in [-0.2, 0) is 0 Å². The summed E-state index contributed by atoms with van der Waals surface area (Å²) >= 11 is 0. The fourth-order valence-corrected chi connectivity index (χ4v) is 1.06. The van der Waals surface area contributed by atoms with E-state index in [-0.39, 0.29) is 0 Å². The average molecular weight is 183 g/mol. The highest BCUT2D eigenvalue weighted by atomic mass is 14.8. The van der Waals surface area contributed by atoms with Crippen LogP contribution in [-0.4, -0.2) is 15.0 Å². The quantitative estimate of drug-likeness (QED) is 0.715. The van der Waals surface area contributed by atoms with Crippen LogP contribution >= 0.6 is 0 Å². The van der Waals surface area contributed by atoms with Gasteiger partial charge in [-0.05, 0) is 29.8 Å². The van der Waals surface area contributed by atoms with Crippen molar-refractivity contribution in [3.8, 4) is 0 Å². The molecule has 0 spiro atoms. The molecule has 0 saturated carbocycles. The van der Waals surface area contributed by atoms with Gasteiger partial charge in [0.15, 0.2) is 0 Å². The van der Waals surface area contributed by atoms with Gasteiger partial charge in [0, 0.05) is 18.6 Å². The summed E-state index contributed by atoms with van der Waals surface area (Å²) < 4.78 is 0. The summed E-state index contributed by atoms with van der Waals surface area (Å²) in [6.45, 7) is 0. The van der Waals surface area contributed by atoms with E-state index in [4.69, 9.17) is 0 Å². The van der Waals surface area contributed by atoms with Gasteiger partial charge in [0.2, 0.25) is 0 Å². The molecule has 3 nitrogen and oxygen atoms in total. The van der Waals surface area contributed by atoms with Crippen molar-refractivity contribution in [1.29, 1.82) is 0 Å². The molecule has 3 heteroatoms. The second-order valence-electron chi connectivity index (χ2n) is 2.75. The molecule has 0 radical (unpaired) electrons. The van der Waals surface area contributed by atoms with E-state index in [1.54, 1.807) is 18.6 Å². The normalized spacial score (nSPS) is 10.6. The number of hydrogen-bond donors (Lipinski definition) is 0. The zero-order valence-corrected chi connectivity index (χ0v) is 7.54. The summed E-state index contributed by atoms with van der Waals surface area (Å²) in [7, 11) is 0. The van der Waals surface area contributed by atoms with Crippen molar-refractivity contribution in [2.24, 2.45) is 0 Å². The van der Waals surface area contributed by atoms with Gasteiger partial charge in [-0.15, -0.1) is 0 Å². The van der Waals surface area contributed by atoms with E-state index >= 15 is 0 Å². The highest BCUT2D eigenvalue weighted by molar-refractivity contribution is 5.67. The van der Waals surface area contributed by atoms with Gasteiger partial charge in [0.1, 0.15) is 6.33 Å². The van der Waals surface area contributed by atoms with Crippen molar-refractivity contribution in [2.75, 3.05) is 0 Å². The highest BCUT2D eigenvalue weighted by Gasteiger charge is 1.86. The molecule has 0 amide bonds. The van der Waals surface area contributed by atoms with Gasteiger partial charge in [-0.25, -0.2) is 9.97 Å². The summed E-state index contributed by atoms with van der Waals surface area (Å²) in [6, 6.07) is 5.74. The lowest BCUT2D eigenvalue weighted by Crippen LogP contribution is -1.80. The van der Waals surface area contributed by atoms with E-state index in [1.165, 1.54) is 6.33 Å². The van der Waals surface area contributed by atoms with Crippen molar-refractivity contribution in [3.05, 3.63) is 54.4 Å². The van der Waals surface area contributed by atoms with Crippen LogP contribution in [0.4, 0.5) is 0 Å².